The second-order valence-corrected chi connectivity index (χ2v) is 10.9. The molecule has 1 aliphatic rings. The van der Waals surface area contributed by atoms with Crippen LogP contribution in [-0.4, -0.2) is 64.9 Å². The Kier molecular flexibility index (Phi) is 7.46. The summed E-state index contributed by atoms with van der Waals surface area (Å²) < 4.78 is 47.0. The lowest BCUT2D eigenvalue weighted by Gasteiger charge is -2.22. The molecule has 0 fully saturated rings. The van der Waals surface area contributed by atoms with Gasteiger partial charge in [0.15, 0.2) is 11.6 Å². The molecule has 12 nitrogen and oxygen atoms in total. The number of fused-ring (bicyclic) bond motifs is 1. The molecule has 15 heteroatoms. The summed E-state index contributed by atoms with van der Waals surface area (Å²) in [6.45, 7) is 4.68. The van der Waals surface area contributed by atoms with E-state index in [1.54, 1.807) is 42.2 Å². The number of nitrogens with zero attached hydrogens (tertiary/aromatic N) is 8. The zero-order chi connectivity index (χ0) is 29.4. The van der Waals surface area contributed by atoms with Gasteiger partial charge >= 0.3 is 6.18 Å². The lowest BCUT2D eigenvalue weighted by Crippen LogP contribution is -2.35. The highest BCUT2D eigenvalue weighted by Gasteiger charge is 2.34. The van der Waals surface area contributed by atoms with Gasteiger partial charge in [0.05, 0.1) is 12.6 Å². The molecule has 216 valence electrons. The van der Waals surface area contributed by atoms with Gasteiger partial charge < -0.3 is 15.2 Å². The fraction of sp³-hybridized carbons (Fsp3) is 0.423. The monoisotopic (exact) mass is 570 g/mol. The van der Waals surface area contributed by atoms with Crippen molar-refractivity contribution in [3.8, 4) is 11.4 Å². The first-order valence-corrected chi connectivity index (χ1v) is 12.9. The number of alkyl halides is 3. The average molecular weight is 571 g/mol. The summed E-state index contributed by atoms with van der Waals surface area (Å²) in [7, 11) is 1.78. The van der Waals surface area contributed by atoms with Gasteiger partial charge in [-0.15, -0.1) is 0 Å². The first kappa shape index (κ1) is 28.1. The van der Waals surface area contributed by atoms with Gasteiger partial charge in [-0.05, 0) is 23.6 Å². The number of hydrogen-bond donors (Lipinski definition) is 2. The van der Waals surface area contributed by atoms with Crippen molar-refractivity contribution in [2.24, 2.45) is 7.05 Å². The van der Waals surface area contributed by atoms with Gasteiger partial charge in [-0.2, -0.15) is 28.2 Å². The summed E-state index contributed by atoms with van der Waals surface area (Å²) in [5, 5.41) is 13.9. The van der Waals surface area contributed by atoms with Crippen molar-refractivity contribution in [1.82, 2.24) is 45.1 Å². The van der Waals surface area contributed by atoms with Crippen LogP contribution in [0.1, 0.15) is 60.9 Å². The van der Waals surface area contributed by atoms with Gasteiger partial charge in [0, 0.05) is 43.4 Å². The molecule has 3 aromatic heterocycles. The molecule has 4 heterocycles. The predicted octanol–water partition coefficient (Wildman–Crippen LogP) is 3.94. The number of carbonyl (C=O) groups is 1. The van der Waals surface area contributed by atoms with E-state index in [4.69, 9.17) is 4.52 Å². The topological polar surface area (TPSA) is 140 Å². The standard InChI is InChI=1S/C26H29F3N10O2/c1-25(2,3)23-34-21(37-41-23)22(40)32-18-7-10-39(13-26(27,28)29)12-16-11-15(5-6-17(16)18)20-30-14-31-24(35-20)33-19-8-9-38(4)36-19/h5-6,8-9,11,14,18H,7,10,12-13H2,1-4H3,(H,32,40)(H,30,31,33,35,36)/t18-/m1/s1. The van der Waals surface area contributed by atoms with Gasteiger partial charge in [-0.25, -0.2) is 9.97 Å². The van der Waals surface area contributed by atoms with E-state index in [9.17, 15) is 18.0 Å². The SMILES string of the molecule is Cn1ccc(Nc2ncnc(-c3ccc4c(c3)CN(CC(F)(F)F)CC[C@H]4NC(=O)c3noc(C(C)(C)C)n3)n2)n1. The Morgan fingerprint density at radius 3 is 2.63 bits per heavy atom. The highest BCUT2D eigenvalue weighted by atomic mass is 19.4. The van der Waals surface area contributed by atoms with E-state index in [1.165, 1.54) is 11.2 Å². The van der Waals surface area contributed by atoms with E-state index >= 15 is 0 Å². The molecular weight excluding hydrogens is 541 g/mol. The van der Waals surface area contributed by atoms with E-state index in [-0.39, 0.29) is 31.3 Å². The molecule has 0 saturated heterocycles. The number of carbonyl (C=O) groups excluding carboxylic acids is 1. The van der Waals surface area contributed by atoms with E-state index in [0.29, 0.717) is 34.2 Å². The van der Waals surface area contributed by atoms with Gasteiger partial charge in [-0.1, -0.05) is 38.1 Å². The molecule has 0 saturated carbocycles. The summed E-state index contributed by atoms with van der Waals surface area (Å²) in [4.78, 5) is 31.4. The van der Waals surface area contributed by atoms with Crippen LogP contribution < -0.4 is 10.6 Å². The molecule has 0 bridgehead atoms. The Morgan fingerprint density at radius 1 is 1.15 bits per heavy atom. The smallest absolute Gasteiger partial charge is 0.342 e. The van der Waals surface area contributed by atoms with Crippen molar-refractivity contribution >= 4 is 17.7 Å². The molecule has 0 unspecified atom stereocenters. The van der Waals surface area contributed by atoms with E-state index in [1.807, 2.05) is 20.8 Å². The fourth-order valence-corrected chi connectivity index (χ4v) is 4.48. The second kappa shape index (κ2) is 10.9. The van der Waals surface area contributed by atoms with E-state index in [0.717, 1.165) is 0 Å². The van der Waals surface area contributed by atoms with Crippen LogP contribution in [0.5, 0.6) is 0 Å². The number of aromatic nitrogens is 7. The maximum absolute atomic E-state index is 13.4. The molecule has 4 aromatic rings. The maximum atomic E-state index is 13.4. The van der Waals surface area contributed by atoms with Crippen LogP contribution in [0.15, 0.2) is 41.3 Å². The number of nitrogens with one attached hydrogen (secondary N) is 2. The number of aryl methyl sites for hydroxylation is 1. The van der Waals surface area contributed by atoms with Crippen molar-refractivity contribution in [2.45, 2.75) is 51.4 Å². The largest absolute Gasteiger partial charge is 0.401 e. The number of amides is 1. The molecule has 5 rings (SSSR count). The Labute approximate surface area is 233 Å². The highest BCUT2D eigenvalue weighted by Crippen LogP contribution is 2.32. The third-order valence-corrected chi connectivity index (χ3v) is 6.41. The van der Waals surface area contributed by atoms with Crippen LogP contribution in [-0.2, 0) is 19.0 Å². The fourth-order valence-electron chi connectivity index (χ4n) is 4.48. The minimum absolute atomic E-state index is 0.0234. The normalized spacial score (nSPS) is 16.2. The van der Waals surface area contributed by atoms with Gasteiger partial charge in [0.1, 0.15) is 6.33 Å². The van der Waals surface area contributed by atoms with Crippen LogP contribution >= 0.6 is 0 Å². The average Bonchev–Trinajstić information content (AvgIpc) is 3.52. The third kappa shape index (κ3) is 6.85. The molecule has 1 aromatic carbocycles. The van der Waals surface area contributed by atoms with Gasteiger partial charge in [0.25, 0.3) is 11.7 Å². The molecule has 1 aliphatic heterocycles. The maximum Gasteiger partial charge on any atom is 0.401 e. The van der Waals surface area contributed by atoms with Crippen molar-refractivity contribution in [3.63, 3.8) is 0 Å². The molecule has 41 heavy (non-hydrogen) atoms. The van der Waals surface area contributed by atoms with Crippen LogP contribution in [0.4, 0.5) is 24.9 Å². The zero-order valence-corrected chi connectivity index (χ0v) is 22.9. The van der Waals surface area contributed by atoms with Crippen molar-refractivity contribution < 1.29 is 22.5 Å². The number of rotatable bonds is 6. The van der Waals surface area contributed by atoms with Crippen LogP contribution in [0.25, 0.3) is 11.4 Å². The first-order chi connectivity index (χ1) is 19.3. The second-order valence-electron chi connectivity index (χ2n) is 10.9. The minimum atomic E-state index is -4.38. The van der Waals surface area contributed by atoms with Crippen LogP contribution in [0.2, 0.25) is 0 Å². The quantitative estimate of drug-likeness (QED) is 0.350. The highest BCUT2D eigenvalue weighted by molar-refractivity contribution is 5.90. The Balaban J connectivity index is 1.43. The number of benzene rings is 1. The van der Waals surface area contributed by atoms with E-state index in [2.05, 4.69) is 40.8 Å². The van der Waals surface area contributed by atoms with Gasteiger partial charge in [-0.3, -0.25) is 14.4 Å². The zero-order valence-electron chi connectivity index (χ0n) is 22.9. The molecular formula is C26H29F3N10O2. The van der Waals surface area contributed by atoms with Gasteiger partial charge in [0.2, 0.25) is 11.8 Å². The van der Waals surface area contributed by atoms with E-state index < -0.39 is 30.1 Å². The summed E-state index contributed by atoms with van der Waals surface area (Å²) in [5.74, 6) is 0.736. The molecule has 1 amide bonds. The molecule has 0 spiro atoms. The molecule has 1 atom stereocenters. The number of anilines is 2. The summed E-state index contributed by atoms with van der Waals surface area (Å²) in [5.41, 5.74) is 1.43. The van der Waals surface area contributed by atoms with Crippen LogP contribution in [0, 0.1) is 0 Å². The first-order valence-electron chi connectivity index (χ1n) is 12.9. The minimum Gasteiger partial charge on any atom is -0.342 e. The number of hydrogen-bond acceptors (Lipinski definition) is 10. The Morgan fingerprint density at radius 2 is 1.95 bits per heavy atom. The van der Waals surface area contributed by atoms with Crippen molar-refractivity contribution in [2.75, 3.05) is 18.4 Å². The van der Waals surface area contributed by atoms with Crippen molar-refractivity contribution in [3.05, 3.63) is 59.6 Å². The molecule has 2 N–H and O–H groups in total. The summed E-state index contributed by atoms with van der Waals surface area (Å²) >= 11 is 0. The molecule has 0 radical (unpaired) electrons. The molecule has 0 aliphatic carbocycles. The lowest BCUT2D eigenvalue weighted by atomic mass is 9.96. The lowest BCUT2D eigenvalue weighted by molar-refractivity contribution is -0.147. The van der Waals surface area contributed by atoms with Crippen LogP contribution in [0.3, 0.4) is 0 Å². The number of halogens is 3. The Hall–Kier alpha value is -4.40. The van der Waals surface area contributed by atoms with Crippen molar-refractivity contribution in [1.29, 1.82) is 0 Å². The third-order valence-electron chi connectivity index (χ3n) is 6.41. The summed E-state index contributed by atoms with van der Waals surface area (Å²) in [6, 6.07) is 6.46. The summed E-state index contributed by atoms with van der Waals surface area (Å²) in [6.07, 6.45) is -1.02. The Bertz CT molecular complexity index is 1540. The predicted molar refractivity (Wildman–Crippen MR) is 141 cm³/mol.